The molecule has 24 heavy (non-hydrogen) atoms. The maximum atomic E-state index is 12.5. The summed E-state index contributed by atoms with van der Waals surface area (Å²) in [4.78, 5) is 20.8. The van der Waals surface area contributed by atoms with Gasteiger partial charge in [0.25, 0.3) is 0 Å². The molecule has 0 saturated carbocycles. The van der Waals surface area contributed by atoms with Crippen molar-refractivity contribution in [2.24, 2.45) is 0 Å². The fraction of sp³-hybridized carbons (Fsp3) is 0.333. The van der Waals surface area contributed by atoms with Crippen molar-refractivity contribution in [3.63, 3.8) is 0 Å². The zero-order chi connectivity index (χ0) is 16.9. The van der Waals surface area contributed by atoms with Crippen LogP contribution in [0.25, 0.3) is 0 Å². The first-order valence-corrected chi connectivity index (χ1v) is 8.72. The highest BCUT2D eigenvalue weighted by molar-refractivity contribution is 6.31. The summed E-state index contributed by atoms with van der Waals surface area (Å²) in [5.74, 6) is 0.127. The molecule has 126 valence electrons. The zero-order valence-electron chi connectivity index (χ0n) is 13.3. The van der Waals surface area contributed by atoms with Gasteiger partial charge in [-0.25, -0.2) is 4.98 Å². The Balaban J connectivity index is 1.52. The Morgan fingerprint density at radius 1 is 1.00 bits per heavy atom. The van der Waals surface area contributed by atoms with Crippen molar-refractivity contribution >= 4 is 29.1 Å². The molecule has 1 aromatic carbocycles. The highest BCUT2D eigenvalue weighted by atomic mass is 35.5. The Bertz CT molecular complexity index is 715. The summed E-state index contributed by atoms with van der Waals surface area (Å²) < 4.78 is 0. The number of pyridine rings is 1. The number of nitrogens with zero attached hydrogens (tertiary/aromatic N) is 3. The summed E-state index contributed by atoms with van der Waals surface area (Å²) in [7, 11) is 0. The Kier molecular flexibility index (Phi) is 5.72. The average molecular weight is 364 g/mol. The van der Waals surface area contributed by atoms with Gasteiger partial charge in [-0.05, 0) is 17.7 Å². The Labute approximate surface area is 152 Å². The minimum atomic E-state index is 0.127. The van der Waals surface area contributed by atoms with E-state index in [-0.39, 0.29) is 5.91 Å². The predicted octanol–water partition coefficient (Wildman–Crippen LogP) is 3.28. The smallest absolute Gasteiger partial charge is 0.227 e. The lowest BCUT2D eigenvalue weighted by atomic mass is 10.1. The van der Waals surface area contributed by atoms with Gasteiger partial charge in [0.1, 0.15) is 5.15 Å². The quantitative estimate of drug-likeness (QED) is 0.782. The lowest BCUT2D eigenvalue weighted by Gasteiger charge is -2.35. The molecule has 1 aromatic heterocycles. The van der Waals surface area contributed by atoms with Gasteiger partial charge in [0.15, 0.2) is 0 Å². The lowest BCUT2D eigenvalue weighted by Crippen LogP contribution is -2.48. The second-order valence-electron chi connectivity index (χ2n) is 5.88. The summed E-state index contributed by atoms with van der Waals surface area (Å²) >= 11 is 12.3. The molecule has 2 heterocycles. The predicted molar refractivity (Wildman–Crippen MR) is 96.3 cm³/mol. The summed E-state index contributed by atoms with van der Waals surface area (Å²) in [6.45, 7) is 3.88. The SMILES string of the molecule is O=C(Cc1ccccc1Cl)N1CCN(Cc2cccnc2Cl)CC1. The van der Waals surface area contributed by atoms with Crippen LogP contribution in [0.4, 0.5) is 0 Å². The number of piperazine rings is 1. The number of rotatable bonds is 4. The number of halogens is 2. The van der Waals surface area contributed by atoms with Crippen LogP contribution in [0.3, 0.4) is 0 Å². The third-order valence-corrected chi connectivity index (χ3v) is 4.96. The molecule has 3 rings (SSSR count). The number of aromatic nitrogens is 1. The second-order valence-corrected chi connectivity index (χ2v) is 6.64. The molecule has 0 unspecified atom stereocenters. The topological polar surface area (TPSA) is 36.4 Å². The Morgan fingerprint density at radius 2 is 1.71 bits per heavy atom. The molecule has 1 saturated heterocycles. The molecule has 0 spiro atoms. The van der Waals surface area contributed by atoms with Gasteiger partial charge in [0.2, 0.25) is 5.91 Å². The third kappa shape index (κ3) is 4.26. The van der Waals surface area contributed by atoms with Crippen molar-refractivity contribution in [3.8, 4) is 0 Å². The summed E-state index contributed by atoms with van der Waals surface area (Å²) in [6, 6.07) is 11.4. The molecule has 1 aliphatic rings. The van der Waals surface area contributed by atoms with Gasteiger partial charge in [-0.3, -0.25) is 9.69 Å². The monoisotopic (exact) mass is 363 g/mol. The molecule has 1 fully saturated rings. The standard InChI is InChI=1S/C18H19Cl2N3O/c19-16-6-2-1-4-14(16)12-17(24)23-10-8-22(9-11-23)13-15-5-3-7-21-18(15)20/h1-7H,8-13H2. The van der Waals surface area contributed by atoms with Crippen LogP contribution in [-0.4, -0.2) is 46.9 Å². The first kappa shape index (κ1) is 17.2. The van der Waals surface area contributed by atoms with Crippen LogP contribution in [-0.2, 0) is 17.8 Å². The van der Waals surface area contributed by atoms with E-state index in [0.717, 1.165) is 43.9 Å². The lowest BCUT2D eigenvalue weighted by molar-refractivity contribution is -0.132. The van der Waals surface area contributed by atoms with Gasteiger partial charge >= 0.3 is 0 Å². The third-order valence-electron chi connectivity index (χ3n) is 4.25. The van der Waals surface area contributed by atoms with Gasteiger partial charge in [-0.1, -0.05) is 47.5 Å². The number of amides is 1. The van der Waals surface area contributed by atoms with Gasteiger partial charge in [-0.15, -0.1) is 0 Å². The maximum absolute atomic E-state index is 12.5. The number of carbonyl (C=O) groups excluding carboxylic acids is 1. The van der Waals surface area contributed by atoms with E-state index in [0.29, 0.717) is 16.6 Å². The maximum Gasteiger partial charge on any atom is 0.227 e. The zero-order valence-corrected chi connectivity index (χ0v) is 14.8. The van der Waals surface area contributed by atoms with E-state index in [1.165, 1.54) is 0 Å². The van der Waals surface area contributed by atoms with Gasteiger partial charge in [-0.2, -0.15) is 0 Å². The molecule has 1 aliphatic heterocycles. The number of hydrogen-bond acceptors (Lipinski definition) is 3. The number of carbonyl (C=O) groups is 1. The van der Waals surface area contributed by atoms with Crippen molar-refractivity contribution in [2.75, 3.05) is 26.2 Å². The van der Waals surface area contributed by atoms with Crippen molar-refractivity contribution < 1.29 is 4.79 Å². The number of benzene rings is 1. The Hall–Kier alpha value is -1.62. The highest BCUT2D eigenvalue weighted by Crippen LogP contribution is 2.18. The fourth-order valence-corrected chi connectivity index (χ4v) is 3.23. The minimum Gasteiger partial charge on any atom is -0.340 e. The summed E-state index contributed by atoms with van der Waals surface area (Å²) in [5.41, 5.74) is 1.91. The van der Waals surface area contributed by atoms with Gasteiger partial charge < -0.3 is 4.90 Å². The summed E-state index contributed by atoms with van der Waals surface area (Å²) in [6.07, 6.45) is 2.05. The van der Waals surface area contributed by atoms with E-state index < -0.39 is 0 Å². The van der Waals surface area contributed by atoms with Gasteiger partial charge in [0, 0.05) is 49.5 Å². The Morgan fingerprint density at radius 3 is 2.42 bits per heavy atom. The van der Waals surface area contributed by atoms with Crippen LogP contribution in [0.5, 0.6) is 0 Å². The van der Waals surface area contributed by atoms with E-state index in [1.54, 1.807) is 6.20 Å². The molecule has 0 atom stereocenters. The van der Waals surface area contributed by atoms with Gasteiger partial charge in [0.05, 0.1) is 6.42 Å². The first-order valence-electron chi connectivity index (χ1n) is 7.96. The highest BCUT2D eigenvalue weighted by Gasteiger charge is 2.22. The van der Waals surface area contributed by atoms with Crippen LogP contribution in [0.1, 0.15) is 11.1 Å². The van der Waals surface area contributed by atoms with Crippen LogP contribution in [0.15, 0.2) is 42.6 Å². The molecule has 2 aromatic rings. The normalized spacial score (nSPS) is 15.5. The van der Waals surface area contributed by atoms with E-state index in [9.17, 15) is 4.79 Å². The average Bonchev–Trinajstić information content (AvgIpc) is 2.59. The van der Waals surface area contributed by atoms with Crippen LogP contribution >= 0.6 is 23.2 Å². The summed E-state index contributed by atoms with van der Waals surface area (Å²) in [5, 5.41) is 1.20. The van der Waals surface area contributed by atoms with E-state index in [4.69, 9.17) is 23.2 Å². The largest absolute Gasteiger partial charge is 0.340 e. The minimum absolute atomic E-state index is 0.127. The van der Waals surface area contributed by atoms with Crippen molar-refractivity contribution in [2.45, 2.75) is 13.0 Å². The molecular formula is C18H19Cl2N3O. The van der Waals surface area contributed by atoms with Crippen LogP contribution < -0.4 is 0 Å². The molecule has 1 amide bonds. The molecule has 0 radical (unpaired) electrons. The van der Waals surface area contributed by atoms with Crippen LogP contribution in [0, 0.1) is 0 Å². The second kappa shape index (κ2) is 7.97. The van der Waals surface area contributed by atoms with Crippen LogP contribution in [0.2, 0.25) is 10.2 Å². The molecular weight excluding hydrogens is 345 g/mol. The molecule has 6 heteroatoms. The van der Waals surface area contributed by atoms with E-state index in [2.05, 4.69) is 9.88 Å². The molecule has 4 nitrogen and oxygen atoms in total. The van der Waals surface area contributed by atoms with E-state index >= 15 is 0 Å². The molecule has 0 N–H and O–H groups in total. The van der Waals surface area contributed by atoms with Crippen molar-refractivity contribution in [1.82, 2.24) is 14.8 Å². The van der Waals surface area contributed by atoms with Crippen molar-refractivity contribution in [1.29, 1.82) is 0 Å². The number of hydrogen-bond donors (Lipinski definition) is 0. The first-order chi connectivity index (χ1) is 11.6. The van der Waals surface area contributed by atoms with E-state index in [1.807, 2.05) is 41.3 Å². The fourth-order valence-electron chi connectivity index (χ4n) is 2.85. The molecule has 0 bridgehead atoms. The molecule has 0 aliphatic carbocycles. The van der Waals surface area contributed by atoms with Crippen molar-refractivity contribution in [3.05, 3.63) is 63.9 Å².